The summed E-state index contributed by atoms with van der Waals surface area (Å²) in [6, 6.07) is 2.71. The number of hydrogen-bond donors (Lipinski definition) is 2. The summed E-state index contributed by atoms with van der Waals surface area (Å²) in [5.41, 5.74) is 0.176. The quantitative estimate of drug-likeness (QED) is 0.457. The van der Waals surface area contributed by atoms with Crippen LogP contribution in [0.1, 0.15) is 18.8 Å². The van der Waals surface area contributed by atoms with Crippen molar-refractivity contribution in [3.05, 3.63) is 17.7 Å². The van der Waals surface area contributed by atoms with E-state index in [1.165, 1.54) is 33.3 Å². The summed E-state index contributed by atoms with van der Waals surface area (Å²) in [6.07, 6.45) is -1.66. The van der Waals surface area contributed by atoms with Gasteiger partial charge in [-0.1, -0.05) is 0 Å². The van der Waals surface area contributed by atoms with E-state index in [0.29, 0.717) is 0 Å². The molecule has 0 aromatic heterocycles. The minimum atomic E-state index is -1.66. The molecule has 17 heavy (non-hydrogen) atoms. The van der Waals surface area contributed by atoms with E-state index in [0.717, 1.165) is 0 Å². The molecule has 0 spiro atoms. The van der Waals surface area contributed by atoms with Gasteiger partial charge in [-0.3, -0.25) is 4.79 Å². The van der Waals surface area contributed by atoms with Crippen molar-refractivity contribution in [2.75, 3.05) is 14.2 Å². The molecule has 0 saturated carbocycles. The summed E-state index contributed by atoms with van der Waals surface area (Å²) < 4.78 is 14.9. The first-order chi connectivity index (χ1) is 7.99. The Kier molecular flexibility index (Phi) is 4.30. The third-order valence-electron chi connectivity index (χ3n) is 2.03. The first-order valence-corrected chi connectivity index (χ1v) is 4.80. The van der Waals surface area contributed by atoms with Gasteiger partial charge in [-0.05, 0) is 12.1 Å². The predicted molar refractivity (Wildman–Crippen MR) is 58.0 cm³/mol. The van der Waals surface area contributed by atoms with E-state index in [2.05, 4.69) is 0 Å². The van der Waals surface area contributed by atoms with E-state index in [9.17, 15) is 4.79 Å². The summed E-state index contributed by atoms with van der Waals surface area (Å²) in [4.78, 5) is 10.9. The zero-order chi connectivity index (χ0) is 13.0. The Bertz CT molecular complexity index is 387. The summed E-state index contributed by atoms with van der Waals surface area (Å²) in [5, 5.41) is 18.1. The Morgan fingerprint density at radius 3 is 1.94 bits per heavy atom. The standard InChI is InChI=1S/C11H14O6/c1-6(12)17-10-8(15-2)4-7(11(13)14)5-9(10)16-3/h4-5,11,13-14H,1-3H3. The molecule has 0 radical (unpaired) electrons. The maximum atomic E-state index is 10.9. The Labute approximate surface area is 98.3 Å². The lowest BCUT2D eigenvalue weighted by Gasteiger charge is -2.15. The van der Waals surface area contributed by atoms with Crippen molar-refractivity contribution in [3.8, 4) is 17.2 Å². The van der Waals surface area contributed by atoms with Gasteiger partial charge >= 0.3 is 5.97 Å². The Hall–Kier alpha value is -1.79. The van der Waals surface area contributed by atoms with Crippen molar-refractivity contribution in [2.45, 2.75) is 13.2 Å². The largest absolute Gasteiger partial charge is 0.493 e. The van der Waals surface area contributed by atoms with Crippen LogP contribution in [-0.2, 0) is 4.79 Å². The number of aliphatic hydroxyl groups is 2. The van der Waals surface area contributed by atoms with Crippen LogP contribution < -0.4 is 14.2 Å². The van der Waals surface area contributed by atoms with E-state index >= 15 is 0 Å². The smallest absolute Gasteiger partial charge is 0.308 e. The molecule has 94 valence electrons. The highest BCUT2D eigenvalue weighted by atomic mass is 16.6. The number of carbonyl (C=O) groups excluding carboxylic acids is 1. The highest BCUT2D eigenvalue weighted by Crippen LogP contribution is 2.39. The molecule has 6 heteroatoms. The monoisotopic (exact) mass is 242 g/mol. The number of methoxy groups -OCH3 is 2. The molecule has 2 N–H and O–H groups in total. The Morgan fingerprint density at radius 1 is 1.18 bits per heavy atom. The van der Waals surface area contributed by atoms with Crippen LogP contribution in [0.5, 0.6) is 17.2 Å². The van der Waals surface area contributed by atoms with Gasteiger partial charge in [0.15, 0.2) is 17.8 Å². The van der Waals surface area contributed by atoms with Gasteiger partial charge in [-0.15, -0.1) is 0 Å². The van der Waals surface area contributed by atoms with E-state index in [-0.39, 0.29) is 22.8 Å². The van der Waals surface area contributed by atoms with Crippen LogP contribution in [0, 0.1) is 0 Å². The molecule has 0 bridgehead atoms. The van der Waals surface area contributed by atoms with Crippen LogP contribution >= 0.6 is 0 Å². The van der Waals surface area contributed by atoms with Crippen LogP contribution in [0.2, 0.25) is 0 Å². The summed E-state index contributed by atoms with van der Waals surface area (Å²) >= 11 is 0. The minimum Gasteiger partial charge on any atom is -0.493 e. The van der Waals surface area contributed by atoms with Crippen LogP contribution in [0.15, 0.2) is 12.1 Å². The lowest BCUT2D eigenvalue weighted by atomic mass is 10.1. The van der Waals surface area contributed by atoms with Gasteiger partial charge in [0.05, 0.1) is 14.2 Å². The summed E-state index contributed by atoms with van der Waals surface area (Å²) in [5.74, 6) is -0.0592. The van der Waals surface area contributed by atoms with Crippen molar-refractivity contribution < 1.29 is 29.2 Å². The van der Waals surface area contributed by atoms with Crippen LogP contribution in [0.4, 0.5) is 0 Å². The fourth-order valence-electron chi connectivity index (χ4n) is 1.29. The van der Waals surface area contributed by atoms with Crippen molar-refractivity contribution in [2.24, 2.45) is 0 Å². The second kappa shape index (κ2) is 5.51. The van der Waals surface area contributed by atoms with Gasteiger partial charge in [-0.25, -0.2) is 0 Å². The molecule has 0 unspecified atom stereocenters. The average molecular weight is 242 g/mol. The van der Waals surface area contributed by atoms with Gasteiger partial charge in [-0.2, -0.15) is 0 Å². The van der Waals surface area contributed by atoms with Crippen molar-refractivity contribution in [1.29, 1.82) is 0 Å². The van der Waals surface area contributed by atoms with Gasteiger partial charge in [0.25, 0.3) is 0 Å². The number of carbonyl (C=O) groups is 1. The lowest BCUT2D eigenvalue weighted by molar-refractivity contribution is -0.132. The predicted octanol–water partition coefficient (Wildman–Crippen LogP) is 0.612. The van der Waals surface area contributed by atoms with E-state index in [4.69, 9.17) is 24.4 Å². The van der Waals surface area contributed by atoms with Crippen molar-refractivity contribution in [1.82, 2.24) is 0 Å². The zero-order valence-corrected chi connectivity index (χ0v) is 9.76. The second-order valence-electron chi connectivity index (χ2n) is 3.22. The van der Waals surface area contributed by atoms with E-state index < -0.39 is 12.3 Å². The molecule has 0 amide bonds. The topological polar surface area (TPSA) is 85.2 Å². The van der Waals surface area contributed by atoms with Crippen LogP contribution in [-0.4, -0.2) is 30.4 Å². The Morgan fingerprint density at radius 2 is 1.65 bits per heavy atom. The molecule has 1 aromatic carbocycles. The second-order valence-corrected chi connectivity index (χ2v) is 3.22. The normalized spacial score (nSPS) is 10.2. The van der Waals surface area contributed by atoms with E-state index in [1.54, 1.807) is 0 Å². The number of benzene rings is 1. The molecule has 0 atom stereocenters. The maximum Gasteiger partial charge on any atom is 0.308 e. The maximum absolute atomic E-state index is 10.9. The fourth-order valence-corrected chi connectivity index (χ4v) is 1.29. The third-order valence-corrected chi connectivity index (χ3v) is 2.03. The molecular weight excluding hydrogens is 228 g/mol. The van der Waals surface area contributed by atoms with Gasteiger partial charge in [0, 0.05) is 12.5 Å². The molecular formula is C11H14O6. The first kappa shape index (κ1) is 13.3. The lowest BCUT2D eigenvalue weighted by Crippen LogP contribution is -2.06. The van der Waals surface area contributed by atoms with Crippen molar-refractivity contribution in [3.63, 3.8) is 0 Å². The van der Waals surface area contributed by atoms with Crippen LogP contribution in [0.25, 0.3) is 0 Å². The SMILES string of the molecule is COc1cc(C(O)O)cc(OC)c1OC(C)=O. The van der Waals surface area contributed by atoms with Gasteiger partial charge in [0.2, 0.25) is 5.75 Å². The molecule has 0 saturated heterocycles. The number of aliphatic hydroxyl groups excluding tert-OH is 1. The first-order valence-electron chi connectivity index (χ1n) is 4.80. The molecule has 0 fully saturated rings. The molecule has 6 nitrogen and oxygen atoms in total. The fraction of sp³-hybridized carbons (Fsp3) is 0.364. The van der Waals surface area contributed by atoms with Crippen molar-refractivity contribution >= 4 is 5.97 Å². The number of ether oxygens (including phenoxy) is 3. The molecule has 1 aromatic rings. The highest BCUT2D eigenvalue weighted by Gasteiger charge is 2.18. The number of rotatable bonds is 4. The molecule has 0 heterocycles. The van der Waals surface area contributed by atoms with E-state index in [1.807, 2.05) is 0 Å². The third kappa shape index (κ3) is 3.08. The average Bonchev–Trinajstić information content (AvgIpc) is 2.28. The molecule has 0 aliphatic carbocycles. The minimum absolute atomic E-state index is 0.104. The van der Waals surface area contributed by atoms with Gasteiger partial charge < -0.3 is 24.4 Å². The number of esters is 1. The summed E-state index contributed by atoms with van der Waals surface area (Å²) in [6.45, 7) is 1.24. The Balaban J connectivity index is 3.30. The molecule has 0 aliphatic heterocycles. The molecule has 1 rings (SSSR count). The van der Waals surface area contributed by atoms with Gasteiger partial charge in [0.1, 0.15) is 0 Å². The highest BCUT2D eigenvalue weighted by molar-refractivity contribution is 5.72. The summed E-state index contributed by atoms with van der Waals surface area (Å²) in [7, 11) is 2.74. The molecule has 0 aliphatic rings. The zero-order valence-electron chi connectivity index (χ0n) is 9.76. The van der Waals surface area contributed by atoms with Crippen LogP contribution in [0.3, 0.4) is 0 Å². The number of hydrogen-bond acceptors (Lipinski definition) is 6.